The van der Waals surface area contributed by atoms with Crippen LogP contribution in [0.3, 0.4) is 0 Å². The summed E-state index contributed by atoms with van der Waals surface area (Å²) < 4.78 is 5.90. The molecule has 0 fully saturated rings. The molecule has 1 heterocycles. The molecule has 0 radical (unpaired) electrons. The van der Waals surface area contributed by atoms with Crippen molar-refractivity contribution in [2.24, 2.45) is 0 Å². The molecule has 1 aromatic rings. The summed E-state index contributed by atoms with van der Waals surface area (Å²) >= 11 is 0. The van der Waals surface area contributed by atoms with Gasteiger partial charge in [-0.25, -0.2) is 0 Å². The normalized spacial score (nSPS) is 19.5. The smallest absolute Gasteiger partial charge is 0.0952 e. The number of likely N-dealkylation sites (N-methyl/N-ethyl adjacent to an activating group) is 1. The Labute approximate surface area is 116 Å². The molecule has 1 N–H and O–H groups in total. The van der Waals surface area contributed by atoms with Crippen LogP contribution in [0.15, 0.2) is 24.3 Å². The predicted molar refractivity (Wildman–Crippen MR) is 79.5 cm³/mol. The predicted octanol–water partition coefficient (Wildman–Crippen LogP) is 2.23. The summed E-state index contributed by atoms with van der Waals surface area (Å²) in [5, 5.41) is 3.55. The largest absolute Gasteiger partial charge is 0.372 e. The van der Waals surface area contributed by atoms with Crippen molar-refractivity contribution in [3.63, 3.8) is 0 Å². The van der Waals surface area contributed by atoms with E-state index in [-0.39, 0.29) is 11.6 Å². The van der Waals surface area contributed by atoms with Crippen LogP contribution in [0.2, 0.25) is 0 Å². The Balaban J connectivity index is 1.91. The van der Waals surface area contributed by atoms with Gasteiger partial charge >= 0.3 is 0 Å². The molecule has 1 aliphatic rings. The molecular formula is C16H26N2O. The van der Waals surface area contributed by atoms with E-state index in [1.54, 1.807) is 0 Å². The molecule has 2 rings (SSSR count). The molecule has 3 nitrogen and oxygen atoms in total. The molecule has 0 aromatic heterocycles. The molecule has 106 valence electrons. The van der Waals surface area contributed by atoms with Crippen LogP contribution in [0, 0.1) is 0 Å². The Bertz CT molecular complexity index is 415. The third kappa shape index (κ3) is 3.56. The van der Waals surface area contributed by atoms with Gasteiger partial charge in [0.2, 0.25) is 0 Å². The first-order valence-corrected chi connectivity index (χ1v) is 7.08. The summed E-state index contributed by atoms with van der Waals surface area (Å²) in [4.78, 5) is 2.25. The Morgan fingerprint density at radius 1 is 1.32 bits per heavy atom. The molecule has 1 unspecified atom stereocenters. The van der Waals surface area contributed by atoms with Gasteiger partial charge in [0, 0.05) is 18.6 Å². The van der Waals surface area contributed by atoms with Crippen molar-refractivity contribution in [3.8, 4) is 0 Å². The van der Waals surface area contributed by atoms with Gasteiger partial charge in [-0.1, -0.05) is 24.3 Å². The molecule has 0 saturated carbocycles. The van der Waals surface area contributed by atoms with Gasteiger partial charge in [-0.15, -0.1) is 0 Å². The maximum atomic E-state index is 5.90. The van der Waals surface area contributed by atoms with Crippen molar-refractivity contribution in [1.29, 1.82) is 0 Å². The first-order chi connectivity index (χ1) is 9.00. The molecular weight excluding hydrogens is 236 g/mol. The second kappa shape index (κ2) is 6.04. The molecule has 1 atom stereocenters. The van der Waals surface area contributed by atoms with Crippen LogP contribution in [-0.2, 0) is 11.2 Å². The molecule has 1 aromatic carbocycles. The van der Waals surface area contributed by atoms with Gasteiger partial charge < -0.3 is 15.0 Å². The number of benzene rings is 1. The summed E-state index contributed by atoms with van der Waals surface area (Å²) in [6.45, 7) is 7.17. The Hall–Kier alpha value is -0.900. The topological polar surface area (TPSA) is 24.5 Å². The lowest BCUT2D eigenvalue weighted by molar-refractivity contribution is 0.0400. The fourth-order valence-electron chi connectivity index (χ4n) is 2.31. The third-order valence-electron chi connectivity index (χ3n) is 4.19. The van der Waals surface area contributed by atoms with Crippen LogP contribution in [0.4, 0.5) is 0 Å². The molecule has 0 amide bonds. The number of hydrogen-bond acceptors (Lipinski definition) is 3. The maximum Gasteiger partial charge on any atom is 0.0952 e. The lowest BCUT2D eigenvalue weighted by atomic mass is 9.97. The Kier molecular flexibility index (Phi) is 4.61. The van der Waals surface area contributed by atoms with Gasteiger partial charge in [-0.05, 0) is 45.5 Å². The molecule has 0 bridgehead atoms. The van der Waals surface area contributed by atoms with E-state index in [0.29, 0.717) is 0 Å². The van der Waals surface area contributed by atoms with E-state index in [2.05, 4.69) is 62.4 Å². The average Bonchev–Trinajstić information content (AvgIpc) is 2.38. The lowest BCUT2D eigenvalue weighted by Crippen LogP contribution is -2.47. The first-order valence-electron chi connectivity index (χ1n) is 7.08. The minimum atomic E-state index is 0.161. The monoisotopic (exact) mass is 262 g/mol. The molecule has 19 heavy (non-hydrogen) atoms. The van der Waals surface area contributed by atoms with E-state index in [4.69, 9.17) is 4.74 Å². The van der Waals surface area contributed by atoms with Gasteiger partial charge in [0.25, 0.3) is 0 Å². The number of rotatable bonds is 5. The summed E-state index contributed by atoms with van der Waals surface area (Å²) in [6.07, 6.45) is 1.23. The minimum Gasteiger partial charge on any atom is -0.372 e. The zero-order valence-electron chi connectivity index (χ0n) is 12.6. The molecule has 1 aliphatic heterocycles. The number of fused-ring (bicyclic) bond motifs is 1. The highest BCUT2D eigenvalue weighted by atomic mass is 16.5. The lowest BCUT2D eigenvalue weighted by Gasteiger charge is -2.34. The quantitative estimate of drug-likeness (QED) is 0.880. The molecule has 3 heteroatoms. The SMILES string of the molecule is CN(C)C(C)(C)CNCC1OCCc2ccccc21. The van der Waals surface area contributed by atoms with Crippen molar-refractivity contribution < 1.29 is 4.74 Å². The van der Waals surface area contributed by atoms with Crippen LogP contribution in [0.5, 0.6) is 0 Å². The van der Waals surface area contributed by atoms with Gasteiger partial charge in [0.05, 0.1) is 12.7 Å². The first kappa shape index (κ1) is 14.5. The number of nitrogens with one attached hydrogen (secondary N) is 1. The molecule has 0 saturated heterocycles. The third-order valence-corrected chi connectivity index (χ3v) is 4.19. The van der Waals surface area contributed by atoms with E-state index in [1.165, 1.54) is 11.1 Å². The van der Waals surface area contributed by atoms with Crippen molar-refractivity contribution in [2.75, 3.05) is 33.8 Å². The summed E-state index contributed by atoms with van der Waals surface area (Å²) in [5.74, 6) is 0. The molecule has 0 spiro atoms. The number of hydrogen-bond donors (Lipinski definition) is 1. The zero-order chi connectivity index (χ0) is 13.9. The Morgan fingerprint density at radius 2 is 2.05 bits per heavy atom. The van der Waals surface area contributed by atoms with Gasteiger partial charge in [-0.3, -0.25) is 0 Å². The fourth-order valence-corrected chi connectivity index (χ4v) is 2.31. The van der Waals surface area contributed by atoms with Crippen molar-refractivity contribution in [1.82, 2.24) is 10.2 Å². The highest BCUT2D eigenvalue weighted by Gasteiger charge is 2.23. The average molecular weight is 262 g/mol. The van der Waals surface area contributed by atoms with Crippen molar-refractivity contribution >= 4 is 0 Å². The minimum absolute atomic E-state index is 0.161. The van der Waals surface area contributed by atoms with Crippen LogP contribution in [-0.4, -0.2) is 44.2 Å². The van der Waals surface area contributed by atoms with E-state index >= 15 is 0 Å². The summed E-state index contributed by atoms with van der Waals surface area (Å²) in [6, 6.07) is 8.63. The van der Waals surface area contributed by atoms with Crippen LogP contribution in [0.25, 0.3) is 0 Å². The highest BCUT2D eigenvalue weighted by molar-refractivity contribution is 5.31. The van der Waals surface area contributed by atoms with E-state index < -0.39 is 0 Å². The highest BCUT2D eigenvalue weighted by Crippen LogP contribution is 2.26. The van der Waals surface area contributed by atoms with Gasteiger partial charge in [0.1, 0.15) is 0 Å². The second-order valence-electron chi connectivity index (χ2n) is 6.15. The number of ether oxygens (including phenoxy) is 1. The van der Waals surface area contributed by atoms with E-state index in [1.807, 2.05) is 0 Å². The van der Waals surface area contributed by atoms with Crippen molar-refractivity contribution in [2.45, 2.75) is 31.9 Å². The van der Waals surface area contributed by atoms with Crippen LogP contribution >= 0.6 is 0 Å². The van der Waals surface area contributed by atoms with Gasteiger partial charge in [-0.2, -0.15) is 0 Å². The van der Waals surface area contributed by atoms with Crippen molar-refractivity contribution in [3.05, 3.63) is 35.4 Å². The second-order valence-corrected chi connectivity index (χ2v) is 6.15. The zero-order valence-corrected chi connectivity index (χ0v) is 12.6. The fraction of sp³-hybridized carbons (Fsp3) is 0.625. The number of nitrogens with zero attached hydrogens (tertiary/aromatic N) is 1. The van der Waals surface area contributed by atoms with Crippen LogP contribution < -0.4 is 5.32 Å². The van der Waals surface area contributed by atoms with Gasteiger partial charge in [0.15, 0.2) is 0 Å². The summed E-state index contributed by atoms with van der Waals surface area (Å²) in [7, 11) is 4.24. The van der Waals surface area contributed by atoms with E-state index in [0.717, 1.165) is 26.1 Å². The summed E-state index contributed by atoms with van der Waals surface area (Å²) in [5.41, 5.74) is 2.95. The van der Waals surface area contributed by atoms with E-state index in [9.17, 15) is 0 Å². The van der Waals surface area contributed by atoms with Crippen LogP contribution in [0.1, 0.15) is 31.1 Å². The standard InChI is InChI=1S/C16H26N2O/c1-16(2,18(3)4)12-17-11-15-14-8-6-5-7-13(14)9-10-19-15/h5-8,15,17H,9-12H2,1-4H3. The Morgan fingerprint density at radius 3 is 2.79 bits per heavy atom. The molecule has 0 aliphatic carbocycles. The maximum absolute atomic E-state index is 5.90.